The molecule has 0 bridgehead atoms. The summed E-state index contributed by atoms with van der Waals surface area (Å²) in [6.07, 6.45) is -4.56. The maximum atomic E-state index is 13.8. The van der Waals surface area contributed by atoms with E-state index in [1.807, 2.05) is 0 Å². The molecule has 0 amide bonds. The molecule has 0 fully saturated rings. The molecule has 148 valence electrons. The first-order chi connectivity index (χ1) is 13.1. The van der Waals surface area contributed by atoms with Crippen molar-refractivity contribution in [2.75, 3.05) is 11.4 Å². The molecule has 0 radical (unpaired) electrons. The molecule has 5 nitrogen and oxygen atoms in total. The lowest BCUT2D eigenvalue weighted by Crippen LogP contribution is -2.27. The summed E-state index contributed by atoms with van der Waals surface area (Å²) in [5, 5.41) is 0.630. The van der Waals surface area contributed by atoms with Crippen LogP contribution in [-0.4, -0.2) is 20.4 Å². The number of ether oxygens (including phenoxy) is 1. The third-order valence-electron chi connectivity index (χ3n) is 3.65. The van der Waals surface area contributed by atoms with E-state index in [4.69, 9.17) is 4.74 Å². The maximum Gasteiger partial charge on any atom is 0.434 e. The third-order valence-corrected chi connectivity index (χ3v) is 6.19. The van der Waals surface area contributed by atoms with Crippen molar-refractivity contribution in [2.45, 2.75) is 11.1 Å². The SMILES string of the molecule is CN(c1ccc(Oc2nc(C(F)(F)F)cs2)cc1)S(=O)(=O)c1ccccc1F. The van der Waals surface area contributed by atoms with Gasteiger partial charge in [0, 0.05) is 12.4 Å². The molecule has 3 aromatic rings. The van der Waals surface area contributed by atoms with Gasteiger partial charge in [0.15, 0.2) is 5.69 Å². The summed E-state index contributed by atoms with van der Waals surface area (Å²) < 4.78 is 82.8. The van der Waals surface area contributed by atoms with E-state index in [1.165, 1.54) is 43.4 Å². The molecule has 2 aromatic carbocycles. The average Bonchev–Trinajstić information content (AvgIpc) is 3.11. The van der Waals surface area contributed by atoms with Gasteiger partial charge in [-0.2, -0.15) is 18.2 Å². The first-order valence-electron chi connectivity index (χ1n) is 7.63. The molecule has 0 aliphatic carbocycles. The van der Waals surface area contributed by atoms with E-state index in [-0.39, 0.29) is 16.6 Å². The number of rotatable bonds is 5. The number of sulfonamides is 1. The van der Waals surface area contributed by atoms with E-state index >= 15 is 0 Å². The molecule has 0 atom stereocenters. The van der Waals surface area contributed by atoms with Crippen LogP contribution in [0.5, 0.6) is 10.9 Å². The molecule has 11 heteroatoms. The summed E-state index contributed by atoms with van der Waals surface area (Å²) >= 11 is 0.684. The molecule has 3 rings (SSSR count). The fourth-order valence-corrected chi connectivity index (χ4v) is 4.15. The fourth-order valence-electron chi connectivity index (χ4n) is 2.20. The highest BCUT2D eigenvalue weighted by atomic mass is 32.2. The van der Waals surface area contributed by atoms with E-state index in [9.17, 15) is 26.0 Å². The quantitative estimate of drug-likeness (QED) is 0.537. The number of nitrogens with zero attached hydrogens (tertiary/aromatic N) is 2. The van der Waals surface area contributed by atoms with Gasteiger partial charge in [0.05, 0.1) is 5.69 Å². The van der Waals surface area contributed by atoms with Gasteiger partial charge in [-0.25, -0.2) is 12.8 Å². The van der Waals surface area contributed by atoms with Gasteiger partial charge in [0.25, 0.3) is 15.2 Å². The van der Waals surface area contributed by atoms with E-state index in [2.05, 4.69) is 4.98 Å². The number of halogens is 4. The number of benzene rings is 2. The highest BCUT2D eigenvalue weighted by Gasteiger charge is 2.34. The Bertz CT molecular complexity index is 1080. The Hall–Kier alpha value is -2.66. The van der Waals surface area contributed by atoms with Crippen molar-refractivity contribution in [3.63, 3.8) is 0 Å². The first-order valence-corrected chi connectivity index (χ1v) is 9.95. The molecule has 0 N–H and O–H groups in total. The second kappa shape index (κ2) is 7.40. The number of anilines is 1. The fraction of sp³-hybridized carbons (Fsp3) is 0.118. The summed E-state index contributed by atoms with van der Waals surface area (Å²) in [7, 11) is -2.87. The van der Waals surface area contributed by atoms with Crippen LogP contribution in [0.25, 0.3) is 0 Å². The number of hydrogen-bond donors (Lipinski definition) is 0. The predicted molar refractivity (Wildman–Crippen MR) is 95.6 cm³/mol. The number of aromatic nitrogens is 1. The van der Waals surface area contributed by atoms with Crippen LogP contribution in [0.2, 0.25) is 0 Å². The van der Waals surface area contributed by atoms with Crippen molar-refractivity contribution in [2.24, 2.45) is 0 Å². The lowest BCUT2D eigenvalue weighted by atomic mass is 10.3. The van der Waals surface area contributed by atoms with Crippen LogP contribution >= 0.6 is 11.3 Å². The minimum Gasteiger partial charge on any atom is -0.431 e. The van der Waals surface area contributed by atoms with Crippen molar-refractivity contribution in [3.05, 3.63) is 65.4 Å². The highest BCUT2D eigenvalue weighted by molar-refractivity contribution is 7.92. The molecule has 28 heavy (non-hydrogen) atoms. The molecule has 0 aliphatic rings. The summed E-state index contributed by atoms with van der Waals surface area (Å²) in [6, 6.07) is 10.5. The topological polar surface area (TPSA) is 59.5 Å². The van der Waals surface area contributed by atoms with Crippen molar-refractivity contribution in [1.29, 1.82) is 0 Å². The number of thiazole rings is 1. The van der Waals surface area contributed by atoms with Crippen LogP contribution in [0.1, 0.15) is 5.69 Å². The standard InChI is InChI=1S/C17H12F4N2O3S2/c1-23(28(24,25)14-5-3-2-4-13(14)18)11-6-8-12(9-7-11)26-16-22-15(10-27-16)17(19,20)21/h2-10H,1H3. The average molecular weight is 432 g/mol. The van der Waals surface area contributed by atoms with E-state index < -0.39 is 32.6 Å². The lowest BCUT2D eigenvalue weighted by molar-refractivity contribution is -0.140. The molecular formula is C17H12F4N2O3S2. The van der Waals surface area contributed by atoms with Gasteiger partial charge in [-0.1, -0.05) is 23.5 Å². The molecule has 0 saturated carbocycles. The number of alkyl halides is 3. The van der Waals surface area contributed by atoms with Crippen LogP contribution in [0, 0.1) is 5.82 Å². The Morgan fingerprint density at radius 1 is 1.07 bits per heavy atom. The van der Waals surface area contributed by atoms with Crippen LogP contribution in [0.3, 0.4) is 0 Å². The Morgan fingerprint density at radius 2 is 1.71 bits per heavy atom. The molecule has 1 heterocycles. The van der Waals surface area contributed by atoms with Crippen molar-refractivity contribution in [3.8, 4) is 10.9 Å². The predicted octanol–water partition coefficient (Wildman–Crippen LogP) is 4.92. The van der Waals surface area contributed by atoms with Crippen molar-refractivity contribution < 1.29 is 30.7 Å². The Morgan fingerprint density at radius 3 is 2.29 bits per heavy atom. The summed E-state index contributed by atoms with van der Waals surface area (Å²) in [5.74, 6) is -0.706. The second-order valence-corrected chi connectivity index (χ2v) is 8.25. The summed E-state index contributed by atoms with van der Waals surface area (Å²) in [6.45, 7) is 0. The van der Waals surface area contributed by atoms with E-state index in [0.717, 1.165) is 21.8 Å². The van der Waals surface area contributed by atoms with Crippen LogP contribution in [-0.2, 0) is 16.2 Å². The lowest BCUT2D eigenvalue weighted by Gasteiger charge is -2.20. The minimum absolute atomic E-state index is 0.170. The highest BCUT2D eigenvalue weighted by Crippen LogP contribution is 2.34. The molecule has 0 unspecified atom stereocenters. The van der Waals surface area contributed by atoms with Gasteiger partial charge < -0.3 is 4.74 Å². The van der Waals surface area contributed by atoms with Crippen molar-refractivity contribution in [1.82, 2.24) is 4.98 Å². The Kier molecular flexibility index (Phi) is 5.31. The maximum absolute atomic E-state index is 13.8. The smallest absolute Gasteiger partial charge is 0.431 e. The van der Waals surface area contributed by atoms with Gasteiger partial charge >= 0.3 is 6.18 Å². The third kappa shape index (κ3) is 4.09. The van der Waals surface area contributed by atoms with Gasteiger partial charge in [-0.05, 0) is 36.4 Å². The molecule has 0 spiro atoms. The zero-order chi connectivity index (χ0) is 20.5. The largest absolute Gasteiger partial charge is 0.434 e. The van der Waals surface area contributed by atoms with Gasteiger partial charge in [0.1, 0.15) is 16.5 Å². The van der Waals surface area contributed by atoms with E-state index in [1.54, 1.807) is 0 Å². The summed E-state index contributed by atoms with van der Waals surface area (Å²) in [4.78, 5) is 2.87. The Balaban J connectivity index is 1.79. The monoisotopic (exact) mass is 432 g/mol. The second-order valence-electron chi connectivity index (χ2n) is 5.50. The molecule has 0 aliphatic heterocycles. The van der Waals surface area contributed by atoms with Gasteiger partial charge in [0.2, 0.25) is 0 Å². The summed E-state index contributed by atoms with van der Waals surface area (Å²) in [5.41, 5.74) is -0.842. The zero-order valence-electron chi connectivity index (χ0n) is 14.1. The molecule has 0 saturated heterocycles. The van der Waals surface area contributed by atoms with Crippen LogP contribution in [0.4, 0.5) is 23.2 Å². The normalized spacial score (nSPS) is 12.0. The van der Waals surface area contributed by atoms with E-state index in [0.29, 0.717) is 11.3 Å². The first kappa shape index (κ1) is 20.1. The van der Waals surface area contributed by atoms with Crippen LogP contribution < -0.4 is 9.04 Å². The molecular weight excluding hydrogens is 420 g/mol. The number of hydrogen-bond acceptors (Lipinski definition) is 5. The van der Waals surface area contributed by atoms with Gasteiger partial charge in [-0.15, -0.1) is 0 Å². The van der Waals surface area contributed by atoms with Crippen molar-refractivity contribution >= 4 is 27.0 Å². The van der Waals surface area contributed by atoms with Gasteiger partial charge in [-0.3, -0.25) is 4.31 Å². The zero-order valence-corrected chi connectivity index (χ0v) is 15.8. The van der Waals surface area contributed by atoms with Crippen LogP contribution in [0.15, 0.2) is 58.8 Å². The minimum atomic E-state index is -4.56. The molecule has 1 aromatic heterocycles. The Labute approximate surface area is 161 Å².